The Morgan fingerprint density at radius 2 is 1.38 bits per heavy atom. The van der Waals surface area contributed by atoms with E-state index in [1.165, 1.54) is 7.11 Å². The number of hydrogen-bond donors (Lipinski definition) is 0. The van der Waals surface area contributed by atoms with E-state index in [1.807, 2.05) is 95.3 Å². The predicted octanol–water partition coefficient (Wildman–Crippen LogP) is 8.70. The van der Waals surface area contributed by atoms with Crippen LogP contribution in [0.1, 0.15) is 67.7 Å². The van der Waals surface area contributed by atoms with Crippen LogP contribution in [0.3, 0.4) is 0 Å². The molecule has 0 spiro atoms. The Labute approximate surface area is 312 Å². The zero-order chi connectivity index (χ0) is 37.5. The average Bonchev–Trinajstić information content (AvgIpc) is 3.48. The van der Waals surface area contributed by atoms with Crippen molar-refractivity contribution in [1.29, 1.82) is 0 Å². The number of Topliss-reactive ketones (excluding diaryl/α,β-unsaturated/α-hetero) is 1. The Balaban J connectivity index is 1.49. The van der Waals surface area contributed by atoms with Crippen LogP contribution in [0.5, 0.6) is 5.75 Å². The fraction of sp³-hybridized carbons (Fsp3) is 0.341. The van der Waals surface area contributed by atoms with Gasteiger partial charge in [0.25, 0.3) is 0 Å². The number of methoxy groups -OCH3 is 1. The van der Waals surface area contributed by atoms with Gasteiger partial charge in [0, 0.05) is 50.0 Å². The molecule has 1 aromatic heterocycles. The number of para-hydroxylation sites is 1. The molecule has 6 rings (SSSR count). The summed E-state index contributed by atoms with van der Waals surface area (Å²) in [6.45, 7) is 11.6. The van der Waals surface area contributed by atoms with E-state index in [-0.39, 0.29) is 12.3 Å². The number of carbonyl (C=O) groups is 2. The number of fused-ring (bicyclic) bond motifs is 4. The highest BCUT2D eigenvalue weighted by Crippen LogP contribution is 2.47. The number of ether oxygens (including phenoxy) is 4. The van der Waals surface area contributed by atoms with Crippen molar-refractivity contribution in [3.63, 3.8) is 0 Å². The van der Waals surface area contributed by atoms with E-state index in [0.29, 0.717) is 37.6 Å². The van der Waals surface area contributed by atoms with Crippen LogP contribution in [0.25, 0.3) is 22.0 Å². The van der Waals surface area contributed by atoms with E-state index in [2.05, 4.69) is 28.1 Å². The lowest BCUT2D eigenvalue weighted by Crippen LogP contribution is -2.53. The lowest BCUT2D eigenvalue weighted by atomic mass is 9.96. The summed E-state index contributed by atoms with van der Waals surface area (Å²) in [5, 5.41) is 1.00. The number of hydrogen-bond acceptors (Lipinski definition) is 8. The van der Waals surface area contributed by atoms with Gasteiger partial charge >= 0.3 is 6.09 Å². The molecule has 0 N–H and O–H groups in total. The predicted molar refractivity (Wildman–Crippen MR) is 207 cm³/mol. The third-order valence-corrected chi connectivity index (χ3v) is 9.34. The van der Waals surface area contributed by atoms with E-state index in [0.717, 1.165) is 38.7 Å². The van der Waals surface area contributed by atoms with Crippen molar-refractivity contribution in [2.45, 2.75) is 65.1 Å². The number of ketones is 1. The Hall–Kier alpha value is -5.09. The molecule has 9 nitrogen and oxygen atoms in total. The molecule has 5 aromatic rings. The number of aromatic nitrogens is 1. The van der Waals surface area contributed by atoms with Crippen LogP contribution < -0.4 is 4.74 Å². The molecule has 1 atom stereocenters. The van der Waals surface area contributed by atoms with Gasteiger partial charge in [0.15, 0.2) is 12.1 Å². The fourth-order valence-electron chi connectivity index (χ4n) is 7.20. The van der Waals surface area contributed by atoms with Crippen LogP contribution in [0.4, 0.5) is 4.79 Å². The average molecular weight is 716 g/mol. The van der Waals surface area contributed by atoms with Gasteiger partial charge in [-0.1, -0.05) is 66.7 Å². The highest BCUT2D eigenvalue weighted by molar-refractivity contribution is 6.02. The second-order valence-corrected chi connectivity index (χ2v) is 14.1. The van der Waals surface area contributed by atoms with Crippen LogP contribution in [0, 0.1) is 0 Å². The summed E-state index contributed by atoms with van der Waals surface area (Å²) < 4.78 is 23.7. The molecule has 9 heteroatoms. The minimum absolute atomic E-state index is 0.155. The lowest BCUT2D eigenvalue weighted by Gasteiger charge is -2.39. The summed E-state index contributed by atoms with van der Waals surface area (Å²) in [4.78, 5) is 37.8. The first kappa shape index (κ1) is 37.7. The van der Waals surface area contributed by atoms with Crippen molar-refractivity contribution in [3.05, 3.63) is 132 Å². The molecule has 1 aliphatic rings. The first-order valence-electron chi connectivity index (χ1n) is 18.3. The van der Waals surface area contributed by atoms with E-state index < -0.39 is 30.1 Å². The van der Waals surface area contributed by atoms with Gasteiger partial charge in [-0.2, -0.15) is 0 Å². The molecular weight excluding hydrogens is 666 g/mol. The molecule has 53 heavy (non-hydrogen) atoms. The van der Waals surface area contributed by atoms with E-state index in [4.69, 9.17) is 18.9 Å². The zero-order valence-corrected chi connectivity index (χ0v) is 31.5. The number of nitrogens with zero attached hydrogens (tertiary/aromatic N) is 3. The van der Waals surface area contributed by atoms with Crippen molar-refractivity contribution >= 4 is 22.8 Å². The Morgan fingerprint density at radius 1 is 0.774 bits per heavy atom. The number of carbonyl (C=O) groups excluding carboxylic acids is 2. The molecular formula is C44H49N3O6. The Kier molecular flexibility index (Phi) is 11.9. The van der Waals surface area contributed by atoms with Crippen LogP contribution in [-0.4, -0.2) is 78.0 Å². The molecule has 0 saturated carbocycles. The first-order valence-corrected chi connectivity index (χ1v) is 18.3. The van der Waals surface area contributed by atoms with Gasteiger partial charge in [-0.25, -0.2) is 4.79 Å². The monoisotopic (exact) mass is 715 g/mol. The summed E-state index contributed by atoms with van der Waals surface area (Å²) >= 11 is 0. The quantitative estimate of drug-likeness (QED) is 0.0786. The van der Waals surface area contributed by atoms with E-state index >= 15 is 4.79 Å². The molecule has 1 aliphatic carbocycles. The number of benzene rings is 4. The van der Waals surface area contributed by atoms with Crippen LogP contribution in [0.15, 0.2) is 109 Å². The second kappa shape index (κ2) is 16.7. The third-order valence-electron chi connectivity index (χ3n) is 9.34. The maximum atomic E-state index is 15.1. The van der Waals surface area contributed by atoms with Crippen molar-refractivity contribution < 1.29 is 28.5 Å². The first-order chi connectivity index (χ1) is 25.6. The minimum Gasteiger partial charge on any atom is -0.488 e. The van der Waals surface area contributed by atoms with Gasteiger partial charge in [0.2, 0.25) is 0 Å². The summed E-state index contributed by atoms with van der Waals surface area (Å²) in [6, 6.07) is 31.7. The normalized spacial score (nSPS) is 13.2. The largest absolute Gasteiger partial charge is 0.488 e. The summed E-state index contributed by atoms with van der Waals surface area (Å²) in [5.74, 6) is 0.421. The second-order valence-electron chi connectivity index (χ2n) is 14.1. The van der Waals surface area contributed by atoms with Crippen LogP contribution in [0.2, 0.25) is 0 Å². The molecule has 0 radical (unpaired) electrons. The topological polar surface area (TPSA) is 90.4 Å². The zero-order valence-electron chi connectivity index (χ0n) is 31.5. The van der Waals surface area contributed by atoms with Gasteiger partial charge in [-0.15, -0.1) is 0 Å². The minimum atomic E-state index is -0.988. The van der Waals surface area contributed by atoms with Crippen LogP contribution >= 0.6 is 0 Å². The van der Waals surface area contributed by atoms with Crippen molar-refractivity contribution in [2.24, 2.45) is 0 Å². The van der Waals surface area contributed by atoms with Gasteiger partial charge in [-0.05, 0) is 98.8 Å². The van der Waals surface area contributed by atoms with Crippen molar-refractivity contribution in [2.75, 3.05) is 33.4 Å². The summed E-state index contributed by atoms with van der Waals surface area (Å²) in [5.41, 5.74) is 5.83. The highest BCUT2D eigenvalue weighted by Gasteiger charge is 2.43. The van der Waals surface area contributed by atoms with Gasteiger partial charge in [-0.3, -0.25) is 19.6 Å². The van der Waals surface area contributed by atoms with E-state index in [1.54, 1.807) is 35.4 Å². The Bertz CT molecular complexity index is 1970. The maximum absolute atomic E-state index is 15.1. The molecule has 1 heterocycles. The third kappa shape index (κ3) is 8.60. The fourth-order valence-corrected chi connectivity index (χ4v) is 7.20. The number of amides is 1. The summed E-state index contributed by atoms with van der Waals surface area (Å²) in [6.07, 6.45) is 0.630. The smallest absolute Gasteiger partial charge is 0.410 e. The standard InChI is InChI=1S/C44H49N3O6/c1-7-51-40(52-8-2)29-46(27-31-25-26-45-38-20-14-13-15-33(31)38)28-39(42(48)30-21-23-32(24-22-30)53-44(3,4)5)47(43(49)50-6)41-36-18-11-9-16-34(36)35-17-10-12-19-37(35)41/h9-26,39-41H,7-8,27-29H2,1-6H3. The SMILES string of the molecule is CCOC(CN(Cc1ccnc2ccccc12)CC(C(=O)c1ccc(OC(C)(C)C)cc1)N(C(=O)OC)C1c2ccccc2-c2ccccc21)OCC. The van der Waals surface area contributed by atoms with Crippen molar-refractivity contribution in [1.82, 2.24) is 14.8 Å². The maximum Gasteiger partial charge on any atom is 0.410 e. The molecule has 0 saturated heterocycles. The van der Waals surface area contributed by atoms with Gasteiger partial charge in [0.05, 0.1) is 18.7 Å². The number of rotatable bonds is 15. The molecule has 0 fully saturated rings. The Morgan fingerprint density at radius 3 is 1.98 bits per heavy atom. The summed E-state index contributed by atoms with van der Waals surface area (Å²) in [7, 11) is 1.36. The molecule has 1 amide bonds. The molecule has 0 aliphatic heterocycles. The molecule has 0 bridgehead atoms. The van der Waals surface area contributed by atoms with E-state index in [9.17, 15) is 4.79 Å². The van der Waals surface area contributed by atoms with Crippen molar-refractivity contribution in [3.8, 4) is 16.9 Å². The molecule has 1 unspecified atom stereocenters. The number of pyridine rings is 1. The highest BCUT2D eigenvalue weighted by atomic mass is 16.7. The van der Waals surface area contributed by atoms with Crippen LogP contribution in [-0.2, 0) is 20.8 Å². The van der Waals surface area contributed by atoms with Gasteiger partial charge in [0.1, 0.15) is 17.4 Å². The lowest BCUT2D eigenvalue weighted by molar-refractivity contribution is -0.148. The molecule has 276 valence electrons. The van der Waals surface area contributed by atoms with Gasteiger partial charge < -0.3 is 18.9 Å². The molecule has 4 aromatic carbocycles.